The van der Waals surface area contributed by atoms with Crippen LogP contribution in [0.5, 0.6) is 0 Å². The van der Waals surface area contributed by atoms with E-state index >= 15 is 0 Å². The number of amides is 1. The first-order chi connectivity index (χ1) is 6.08. The van der Waals surface area contributed by atoms with Crippen LogP contribution in [-0.2, 0) is 9.53 Å². The zero-order valence-corrected chi connectivity index (χ0v) is 8.69. The van der Waals surface area contributed by atoms with Gasteiger partial charge in [0, 0.05) is 19.4 Å². The second-order valence-corrected chi connectivity index (χ2v) is 5.65. The van der Waals surface area contributed by atoms with Crippen LogP contribution in [0, 0.1) is 5.92 Å². The Hall–Kier alpha value is -0.220. The number of hydrogen-bond donors (Lipinski definition) is 0. The lowest BCUT2D eigenvalue weighted by Gasteiger charge is -2.32. The Balaban J connectivity index is 2.10. The first kappa shape index (κ1) is 8.12. The van der Waals surface area contributed by atoms with Gasteiger partial charge in [0.05, 0.1) is 0 Å². The van der Waals surface area contributed by atoms with E-state index in [1.807, 2.05) is 14.0 Å². The molecule has 0 aromatic carbocycles. The van der Waals surface area contributed by atoms with Gasteiger partial charge in [0.1, 0.15) is 5.72 Å². The fourth-order valence-electron chi connectivity index (χ4n) is 2.77. The summed E-state index contributed by atoms with van der Waals surface area (Å²) in [5.41, 5.74) is -0.310. The molecule has 2 bridgehead atoms. The Bertz CT molecular complexity index is 295. The lowest BCUT2D eigenvalue weighted by atomic mass is 9.89. The molecule has 3 heterocycles. The summed E-state index contributed by atoms with van der Waals surface area (Å²) in [5, 5.41) is 0. The first-order valence-corrected chi connectivity index (χ1v) is 5.69. The summed E-state index contributed by atoms with van der Waals surface area (Å²) in [6.07, 6.45) is 2.15. The van der Waals surface area contributed by atoms with Crippen LogP contribution in [0.1, 0.15) is 19.8 Å². The van der Waals surface area contributed by atoms with Gasteiger partial charge in [0.15, 0.2) is 4.93 Å². The molecule has 4 heteroatoms. The van der Waals surface area contributed by atoms with Crippen molar-refractivity contribution in [3.63, 3.8) is 0 Å². The molecule has 3 nitrogen and oxygen atoms in total. The van der Waals surface area contributed by atoms with Crippen molar-refractivity contribution in [1.82, 2.24) is 4.90 Å². The van der Waals surface area contributed by atoms with Crippen molar-refractivity contribution in [2.75, 3.05) is 12.8 Å². The predicted octanol–water partition coefficient (Wildman–Crippen LogP) is 1.04. The van der Waals surface area contributed by atoms with E-state index in [2.05, 4.69) is 0 Å². The molecule has 72 valence electrons. The van der Waals surface area contributed by atoms with E-state index in [4.69, 9.17) is 4.74 Å². The van der Waals surface area contributed by atoms with E-state index in [0.29, 0.717) is 5.92 Å². The number of carbonyl (C=O) groups excluding carboxylic acids is 1. The van der Waals surface area contributed by atoms with Crippen LogP contribution >= 0.6 is 11.8 Å². The van der Waals surface area contributed by atoms with Crippen LogP contribution in [0.15, 0.2) is 0 Å². The summed E-state index contributed by atoms with van der Waals surface area (Å²) in [5.74, 6) is 1.72. The van der Waals surface area contributed by atoms with Crippen molar-refractivity contribution < 1.29 is 9.53 Å². The maximum atomic E-state index is 12.0. The Morgan fingerprint density at radius 1 is 1.69 bits per heavy atom. The number of carbonyl (C=O) groups is 1. The number of fused-ring (bicyclic) bond motifs is 1. The van der Waals surface area contributed by atoms with Crippen molar-refractivity contribution >= 4 is 17.7 Å². The summed E-state index contributed by atoms with van der Waals surface area (Å²) in [6, 6.07) is 0. The van der Waals surface area contributed by atoms with Gasteiger partial charge in [-0.05, 0) is 19.1 Å². The van der Waals surface area contributed by atoms with Crippen LogP contribution in [0.3, 0.4) is 0 Å². The molecular weight excluding hydrogens is 186 g/mol. The molecular formula is C9H13NO2S. The van der Waals surface area contributed by atoms with Crippen LogP contribution in [0.25, 0.3) is 0 Å². The standard InChI is InChI=1S/C9H13NO2S/c1-8-5-6-3-4-13-9(6,12-8)7(11)10(8)2/h6H,3-5H2,1-2H3/t6?,8-,9-/m1/s1. The van der Waals surface area contributed by atoms with Crippen LogP contribution in [0.2, 0.25) is 0 Å². The zero-order chi connectivity index (χ0) is 9.27. The number of likely N-dealkylation sites (N-methyl/N-ethyl adjacent to an activating group) is 1. The predicted molar refractivity (Wildman–Crippen MR) is 50.2 cm³/mol. The highest BCUT2D eigenvalue weighted by molar-refractivity contribution is 8.01. The Morgan fingerprint density at radius 3 is 3.15 bits per heavy atom. The molecule has 3 aliphatic heterocycles. The van der Waals surface area contributed by atoms with Crippen LogP contribution < -0.4 is 0 Å². The van der Waals surface area contributed by atoms with Gasteiger partial charge in [-0.3, -0.25) is 4.79 Å². The van der Waals surface area contributed by atoms with Gasteiger partial charge in [-0.25, -0.2) is 0 Å². The van der Waals surface area contributed by atoms with E-state index < -0.39 is 4.93 Å². The summed E-state index contributed by atoms with van der Waals surface area (Å²) < 4.78 is 5.94. The number of likely N-dealkylation sites (tertiary alicyclic amines) is 1. The zero-order valence-electron chi connectivity index (χ0n) is 7.87. The van der Waals surface area contributed by atoms with Crippen molar-refractivity contribution in [3.05, 3.63) is 0 Å². The second-order valence-electron chi connectivity index (χ2n) is 4.35. The van der Waals surface area contributed by atoms with E-state index in [9.17, 15) is 4.79 Å². The largest absolute Gasteiger partial charge is 0.329 e. The van der Waals surface area contributed by atoms with E-state index in [1.165, 1.54) is 0 Å². The molecule has 3 fully saturated rings. The SMILES string of the molecule is CN1C(=O)[C@@]23O[C@]1(C)CC2CCS3. The van der Waals surface area contributed by atoms with Gasteiger partial charge in [-0.2, -0.15) is 0 Å². The van der Waals surface area contributed by atoms with Crippen molar-refractivity contribution in [2.24, 2.45) is 5.92 Å². The van der Waals surface area contributed by atoms with Crippen molar-refractivity contribution in [2.45, 2.75) is 30.4 Å². The lowest BCUT2D eigenvalue weighted by Crippen LogP contribution is -2.48. The van der Waals surface area contributed by atoms with Crippen LogP contribution in [-0.4, -0.2) is 34.3 Å². The minimum absolute atomic E-state index is 0.189. The van der Waals surface area contributed by atoms with E-state index in [-0.39, 0.29) is 11.6 Å². The fourth-order valence-corrected chi connectivity index (χ4v) is 4.41. The topological polar surface area (TPSA) is 29.5 Å². The molecule has 0 aromatic heterocycles. The molecule has 1 amide bonds. The average molecular weight is 199 g/mol. The quantitative estimate of drug-likeness (QED) is 0.584. The first-order valence-electron chi connectivity index (χ1n) is 4.71. The number of nitrogens with zero attached hydrogens (tertiary/aromatic N) is 1. The second kappa shape index (κ2) is 2.06. The third kappa shape index (κ3) is 0.712. The van der Waals surface area contributed by atoms with E-state index in [0.717, 1.165) is 18.6 Å². The van der Waals surface area contributed by atoms with Gasteiger partial charge in [0.2, 0.25) is 0 Å². The van der Waals surface area contributed by atoms with Gasteiger partial charge < -0.3 is 9.64 Å². The van der Waals surface area contributed by atoms with Crippen molar-refractivity contribution in [3.8, 4) is 0 Å². The number of ether oxygens (including phenoxy) is 1. The molecule has 0 aliphatic carbocycles. The molecule has 0 aromatic rings. The normalized spacial score (nSPS) is 53.2. The molecule has 3 saturated heterocycles. The highest BCUT2D eigenvalue weighted by atomic mass is 32.2. The van der Waals surface area contributed by atoms with Crippen LogP contribution in [0.4, 0.5) is 0 Å². The maximum Gasteiger partial charge on any atom is 0.267 e. The van der Waals surface area contributed by atoms with Gasteiger partial charge in [-0.15, -0.1) is 11.8 Å². The number of rotatable bonds is 0. The lowest BCUT2D eigenvalue weighted by molar-refractivity contribution is -0.135. The molecule has 1 unspecified atom stereocenters. The fraction of sp³-hybridized carbons (Fsp3) is 0.889. The highest BCUT2D eigenvalue weighted by Gasteiger charge is 2.70. The Kier molecular flexibility index (Phi) is 1.29. The molecule has 0 saturated carbocycles. The molecule has 0 radical (unpaired) electrons. The molecule has 13 heavy (non-hydrogen) atoms. The Labute approximate surface area is 81.8 Å². The molecule has 0 N–H and O–H groups in total. The summed E-state index contributed by atoms with van der Waals surface area (Å²) in [4.78, 5) is 13.3. The highest BCUT2D eigenvalue weighted by Crippen LogP contribution is 2.61. The number of hydrogen-bond acceptors (Lipinski definition) is 3. The number of thioether (sulfide) groups is 1. The molecule has 3 atom stereocenters. The number of piperidine rings is 1. The van der Waals surface area contributed by atoms with E-state index in [1.54, 1.807) is 16.7 Å². The van der Waals surface area contributed by atoms with Gasteiger partial charge in [0.25, 0.3) is 5.91 Å². The monoisotopic (exact) mass is 199 g/mol. The molecule has 3 aliphatic rings. The summed E-state index contributed by atoms with van der Waals surface area (Å²) >= 11 is 1.70. The Morgan fingerprint density at radius 2 is 2.46 bits per heavy atom. The third-order valence-electron chi connectivity index (χ3n) is 3.63. The average Bonchev–Trinajstić information content (AvgIpc) is 2.60. The third-order valence-corrected chi connectivity index (χ3v) is 5.09. The van der Waals surface area contributed by atoms with Gasteiger partial charge >= 0.3 is 0 Å². The molecule has 3 rings (SSSR count). The smallest absolute Gasteiger partial charge is 0.267 e. The minimum atomic E-state index is -0.483. The molecule has 1 spiro atoms. The summed E-state index contributed by atoms with van der Waals surface area (Å²) in [7, 11) is 1.85. The maximum absolute atomic E-state index is 12.0. The minimum Gasteiger partial charge on any atom is -0.329 e. The van der Waals surface area contributed by atoms with Crippen molar-refractivity contribution in [1.29, 1.82) is 0 Å². The summed E-state index contributed by atoms with van der Waals surface area (Å²) in [6.45, 7) is 2.03. The van der Waals surface area contributed by atoms with Gasteiger partial charge in [-0.1, -0.05) is 0 Å².